The quantitative estimate of drug-likeness (QED) is 0.362. The second-order valence-corrected chi connectivity index (χ2v) is 6.58. The van der Waals surface area contributed by atoms with E-state index in [1.807, 2.05) is 24.3 Å². The second kappa shape index (κ2) is 11.1. The van der Waals surface area contributed by atoms with Gasteiger partial charge in [0.1, 0.15) is 5.75 Å². The lowest BCUT2D eigenvalue weighted by atomic mass is 10.2. The SMILES string of the molecule is CCCCOc1ccc(C(=O)NCC(=O)N/N=C/c2ccccc2Br)cc1. The molecule has 2 amide bonds. The molecule has 2 N–H and O–H groups in total. The minimum atomic E-state index is -0.411. The van der Waals surface area contributed by atoms with E-state index in [9.17, 15) is 9.59 Å². The van der Waals surface area contributed by atoms with Gasteiger partial charge in [0.2, 0.25) is 0 Å². The molecule has 0 aliphatic heterocycles. The number of nitrogens with one attached hydrogen (secondary N) is 2. The number of nitrogens with zero attached hydrogens (tertiary/aromatic N) is 1. The van der Waals surface area contributed by atoms with Gasteiger partial charge in [-0.1, -0.05) is 47.5 Å². The molecule has 0 heterocycles. The van der Waals surface area contributed by atoms with E-state index in [2.05, 4.69) is 38.7 Å². The van der Waals surface area contributed by atoms with E-state index in [1.54, 1.807) is 24.3 Å². The first-order valence-electron chi connectivity index (χ1n) is 8.67. The largest absolute Gasteiger partial charge is 0.494 e. The molecule has 2 aromatic carbocycles. The predicted molar refractivity (Wildman–Crippen MR) is 109 cm³/mol. The van der Waals surface area contributed by atoms with Crippen LogP contribution in [0, 0.1) is 0 Å². The summed E-state index contributed by atoms with van der Waals surface area (Å²) in [4.78, 5) is 23.9. The van der Waals surface area contributed by atoms with Crippen LogP contribution in [0.5, 0.6) is 5.75 Å². The Kier molecular flexibility index (Phi) is 8.51. The molecule has 2 rings (SSSR count). The fourth-order valence-corrected chi connectivity index (χ4v) is 2.48. The summed E-state index contributed by atoms with van der Waals surface area (Å²) in [6.07, 6.45) is 3.58. The first kappa shape index (κ1) is 20.6. The van der Waals surface area contributed by atoms with Crippen LogP contribution in [0.25, 0.3) is 0 Å². The molecule has 0 fully saturated rings. The number of rotatable bonds is 9. The van der Waals surface area contributed by atoms with Crippen molar-refractivity contribution in [1.82, 2.24) is 10.7 Å². The zero-order valence-corrected chi connectivity index (χ0v) is 16.7. The summed E-state index contributed by atoms with van der Waals surface area (Å²) >= 11 is 3.39. The lowest BCUT2D eigenvalue weighted by Crippen LogP contribution is -2.34. The van der Waals surface area contributed by atoms with Crippen LogP contribution in [0.3, 0.4) is 0 Å². The number of carbonyl (C=O) groups is 2. The van der Waals surface area contributed by atoms with Gasteiger partial charge >= 0.3 is 0 Å². The molecule has 0 aromatic heterocycles. The summed E-state index contributed by atoms with van der Waals surface area (Å²) in [7, 11) is 0. The standard InChI is InChI=1S/C20H22BrN3O3/c1-2-3-12-27-17-10-8-15(9-11-17)20(26)22-14-19(25)24-23-13-16-6-4-5-7-18(16)21/h4-11,13H,2-3,12,14H2,1H3,(H,22,26)(H,24,25)/b23-13+. The summed E-state index contributed by atoms with van der Waals surface area (Å²) in [6, 6.07) is 14.3. The van der Waals surface area contributed by atoms with Crippen molar-refractivity contribution in [2.75, 3.05) is 13.2 Å². The maximum atomic E-state index is 12.1. The molecule has 0 saturated heterocycles. The molecule has 0 radical (unpaired) electrons. The van der Waals surface area contributed by atoms with E-state index in [1.165, 1.54) is 6.21 Å². The van der Waals surface area contributed by atoms with Crippen molar-refractivity contribution in [2.24, 2.45) is 5.10 Å². The molecule has 0 spiro atoms. The highest BCUT2D eigenvalue weighted by atomic mass is 79.9. The summed E-state index contributed by atoms with van der Waals surface area (Å²) in [5, 5.41) is 6.43. The van der Waals surface area contributed by atoms with Crippen molar-refractivity contribution in [3.63, 3.8) is 0 Å². The third kappa shape index (κ3) is 7.22. The summed E-state index contributed by atoms with van der Waals surface area (Å²) < 4.78 is 6.43. The highest BCUT2D eigenvalue weighted by molar-refractivity contribution is 9.10. The molecule has 6 nitrogen and oxygen atoms in total. The summed E-state index contributed by atoms with van der Waals surface area (Å²) in [6.45, 7) is 2.59. The molecule has 2 aromatic rings. The zero-order chi connectivity index (χ0) is 19.5. The molecule has 0 aliphatic carbocycles. The molecule has 142 valence electrons. The van der Waals surface area contributed by atoms with Gasteiger partial charge in [0.15, 0.2) is 0 Å². The second-order valence-electron chi connectivity index (χ2n) is 5.72. The molecule has 27 heavy (non-hydrogen) atoms. The third-order valence-electron chi connectivity index (χ3n) is 3.59. The van der Waals surface area contributed by atoms with Gasteiger partial charge in [0.05, 0.1) is 19.4 Å². The minimum absolute atomic E-state index is 0.166. The topological polar surface area (TPSA) is 79.8 Å². The number of ether oxygens (including phenoxy) is 1. The maximum absolute atomic E-state index is 12.1. The van der Waals surface area contributed by atoms with Crippen LogP contribution in [0.15, 0.2) is 58.1 Å². The Hall–Kier alpha value is -2.67. The average Bonchev–Trinajstić information content (AvgIpc) is 2.68. The Morgan fingerprint density at radius 1 is 1.15 bits per heavy atom. The van der Waals surface area contributed by atoms with Crippen LogP contribution >= 0.6 is 15.9 Å². The molecule has 7 heteroatoms. The predicted octanol–water partition coefficient (Wildman–Crippen LogP) is 3.51. The van der Waals surface area contributed by atoms with Crippen molar-refractivity contribution < 1.29 is 14.3 Å². The van der Waals surface area contributed by atoms with E-state index in [0.717, 1.165) is 28.6 Å². The molecule has 0 unspecified atom stereocenters. The van der Waals surface area contributed by atoms with Crippen LogP contribution in [0.1, 0.15) is 35.7 Å². The van der Waals surface area contributed by atoms with Gasteiger partial charge in [-0.15, -0.1) is 0 Å². The van der Waals surface area contributed by atoms with Gasteiger partial charge in [-0.3, -0.25) is 9.59 Å². The van der Waals surface area contributed by atoms with E-state index in [0.29, 0.717) is 12.2 Å². The highest BCUT2D eigenvalue weighted by Crippen LogP contribution is 2.13. The van der Waals surface area contributed by atoms with Crippen LogP contribution in [-0.4, -0.2) is 31.2 Å². The Labute approximate surface area is 167 Å². The fourth-order valence-electron chi connectivity index (χ4n) is 2.09. The Morgan fingerprint density at radius 2 is 1.89 bits per heavy atom. The van der Waals surface area contributed by atoms with Crippen molar-refractivity contribution in [2.45, 2.75) is 19.8 Å². The zero-order valence-electron chi connectivity index (χ0n) is 15.1. The third-order valence-corrected chi connectivity index (χ3v) is 4.31. The first-order chi connectivity index (χ1) is 13.1. The molecule has 0 aliphatic rings. The number of carbonyl (C=O) groups excluding carboxylic acids is 2. The van der Waals surface area contributed by atoms with Gasteiger partial charge in [-0.2, -0.15) is 5.10 Å². The monoisotopic (exact) mass is 431 g/mol. The maximum Gasteiger partial charge on any atom is 0.259 e. The van der Waals surface area contributed by atoms with Crippen LogP contribution in [0.2, 0.25) is 0 Å². The molecule has 0 bridgehead atoms. The van der Waals surface area contributed by atoms with Gasteiger partial charge in [0, 0.05) is 15.6 Å². The van der Waals surface area contributed by atoms with Gasteiger partial charge < -0.3 is 10.1 Å². The first-order valence-corrected chi connectivity index (χ1v) is 9.47. The Bertz CT molecular complexity index is 791. The number of hydrazone groups is 1. The highest BCUT2D eigenvalue weighted by Gasteiger charge is 2.08. The van der Waals surface area contributed by atoms with E-state index < -0.39 is 5.91 Å². The van der Waals surface area contributed by atoms with Crippen LogP contribution in [-0.2, 0) is 4.79 Å². The van der Waals surface area contributed by atoms with E-state index in [-0.39, 0.29) is 12.5 Å². The average molecular weight is 432 g/mol. The number of halogens is 1. The van der Waals surface area contributed by atoms with Crippen molar-refractivity contribution >= 4 is 34.0 Å². The molecule has 0 atom stereocenters. The van der Waals surface area contributed by atoms with Crippen molar-refractivity contribution in [1.29, 1.82) is 0 Å². The Morgan fingerprint density at radius 3 is 2.59 bits per heavy atom. The summed E-state index contributed by atoms with van der Waals surface area (Å²) in [5.41, 5.74) is 3.67. The van der Waals surface area contributed by atoms with Gasteiger partial charge in [-0.05, 0) is 36.8 Å². The fraction of sp³-hybridized carbons (Fsp3) is 0.250. The van der Waals surface area contributed by atoms with E-state index in [4.69, 9.17) is 4.74 Å². The number of hydrogen-bond acceptors (Lipinski definition) is 4. The number of unbranched alkanes of at least 4 members (excludes halogenated alkanes) is 1. The Balaban J connectivity index is 1.76. The molecular weight excluding hydrogens is 410 g/mol. The van der Waals surface area contributed by atoms with Gasteiger partial charge in [-0.25, -0.2) is 5.43 Å². The van der Waals surface area contributed by atoms with Crippen molar-refractivity contribution in [3.05, 3.63) is 64.1 Å². The van der Waals surface area contributed by atoms with Crippen LogP contribution in [0.4, 0.5) is 0 Å². The molecular formula is C20H22BrN3O3. The lowest BCUT2D eigenvalue weighted by molar-refractivity contribution is -0.120. The van der Waals surface area contributed by atoms with Crippen molar-refractivity contribution in [3.8, 4) is 5.75 Å². The summed E-state index contributed by atoms with van der Waals surface area (Å²) in [5.74, 6) is -0.0228. The molecule has 0 saturated carbocycles. The van der Waals surface area contributed by atoms with Crippen LogP contribution < -0.4 is 15.5 Å². The number of hydrogen-bond donors (Lipinski definition) is 2. The smallest absolute Gasteiger partial charge is 0.259 e. The normalized spacial score (nSPS) is 10.6. The van der Waals surface area contributed by atoms with E-state index >= 15 is 0 Å². The van der Waals surface area contributed by atoms with Gasteiger partial charge in [0.25, 0.3) is 11.8 Å². The lowest BCUT2D eigenvalue weighted by Gasteiger charge is -2.07. The number of amides is 2. The minimum Gasteiger partial charge on any atom is -0.494 e. The number of benzene rings is 2.